The highest BCUT2D eigenvalue weighted by atomic mass is 16.2. The molecule has 1 aromatic rings. The van der Waals surface area contributed by atoms with Crippen LogP contribution < -0.4 is 5.32 Å². The average Bonchev–Trinajstić information content (AvgIpc) is 2.50. The molecule has 1 aromatic carbocycles. The van der Waals surface area contributed by atoms with Crippen molar-refractivity contribution in [2.75, 3.05) is 45.6 Å². The minimum Gasteiger partial charge on any atom is -0.385 e. The van der Waals surface area contributed by atoms with E-state index >= 15 is 0 Å². The van der Waals surface area contributed by atoms with Gasteiger partial charge in [-0.2, -0.15) is 0 Å². The first-order chi connectivity index (χ1) is 10.1. The molecule has 4 heteroatoms. The van der Waals surface area contributed by atoms with Crippen LogP contribution in [0.25, 0.3) is 0 Å². The average molecular weight is 289 g/mol. The van der Waals surface area contributed by atoms with Crippen LogP contribution in [0.1, 0.15) is 35.7 Å². The first-order valence-corrected chi connectivity index (χ1v) is 7.93. The number of carbonyl (C=O) groups is 1. The summed E-state index contributed by atoms with van der Waals surface area (Å²) in [6, 6.07) is 6.04. The maximum Gasteiger partial charge on any atom is 0.254 e. The molecule has 1 N–H and O–H groups in total. The molecule has 116 valence electrons. The Kier molecular flexibility index (Phi) is 5.62. The molecule has 0 bridgehead atoms. The standard InChI is InChI=1S/C17H27N3O/c1-4-20(13-7-12-19(2)3)17(21)15-8-5-10-16-14(15)9-6-11-18-16/h5,8,10,18H,4,6-7,9,11-13H2,1-3H3. The van der Waals surface area contributed by atoms with Gasteiger partial charge in [0.05, 0.1) is 0 Å². The van der Waals surface area contributed by atoms with E-state index in [1.54, 1.807) is 0 Å². The summed E-state index contributed by atoms with van der Waals surface area (Å²) in [4.78, 5) is 16.9. The van der Waals surface area contributed by atoms with Crippen molar-refractivity contribution >= 4 is 11.6 Å². The second kappa shape index (κ2) is 7.46. The molecule has 0 aromatic heterocycles. The molecule has 0 fully saturated rings. The van der Waals surface area contributed by atoms with Gasteiger partial charge in [0.2, 0.25) is 0 Å². The largest absolute Gasteiger partial charge is 0.385 e. The Balaban J connectivity index is 2.10. The van der Waals surface area contributed by atoms with Gasteiger partial charge in [0.25, 0.3) is 5.91 Å². The van der Waals surface area contributed by atoms with Crippen LogP contribution >= 0.6 is 0 Å². The summed E-state index contributed by atoms with van der Waals surface area (Å²) >= 11 is 0. The first-order valence-electron chi connectivity index (χ1n) is 7.93. The van der Waals surface area contributed by atoms with Crippen molar-refractivity contribution in [1.82, 2.24) is 9.80 Å². The molecule has 0 saturated heterocycles. The quantitative estimate of drug-likeness (QED) is 0.874. The molecule has 21 heavy (non-hydrogen) atoms. The number of benzene rings is 1. The van der Waals surface area contributed by atoms with Crippen molar-refractivity contribution in [1.29, 1.82) is 0 Å². The zero-order chi connectivity index (χ0) is 15.2. The van der Waals surface area contributed by atoms with Gasteiger partial charge >= 0.3 is 0 Å². The number of amides is 1. The molecule has 1 amide bonds. The Morgan fingerprint density at radius 1 is 1.29 bits per heavy atom. The smallest absolute Gasteiger partial charge is 0.254 e. The normalized spacial score (nSPS) is 13.7. The molecule has 0 atom stereocenters. The molecule has 0 spiro atoms. The third kappa shape index (κ3) is 3.97. The Labute approximate surface area is 128 Å². The fraction of sp³-hybridized carbons (Fsp3) is 0.588. The van der Waals surface area contributed by atoms with E-state index in [4.69, 9.17) is 0 Å². The molecular weight excluding hydrogens is 262 g/mol. The zero-order valence-corrected chi connectivity index (χ0v) is 13.5. The van der Waals surface area contributed by atoms with Crippen molar-refractivity contribution in [3.05, 3.63) is 29.3 Å². The second-order valence-corrected chi connectivity index (χ2v) is 5.90. The summed E-state index contributed by atoms with van der Waals surface area (Å²) in [6.07, 6.45) is 3.11. The number of carbonyl (C=O) groups excluding carboxylic acids is 1. The van der Waals surface area contributed by atoms with Crippen molar-refractivity contribution < 1.29 is 4.79 Å². The van der Waals surface area contributed by atoms with Crippen LogP contribution in [0.4, 0.5) is 5.69 Å². The first kappa shape index (κ1) is 15.8. The lowest BCUT2D eigenvalue weighted by molar-refractivity contribution is 0.0758. The Bertz CT molecular complexity index is 485. The number of anilines is 1. The highest BCUT2D eigenvalue weighted by Gasteiger charge is 2.20. The van der Waals surface area contributed by atoms with Crippen LogP contribution in [-0.2, 0) is 6.42 Å². The van der Waals surface area contributed by atoms with E-state index in [1.165, 1.54) is 5.56 Å². The molecule has 0 unspecified atom stereocenters. The van der Waals surface area contributed by atoms with Gasteiger partial charge in [-0.3, -0.25) is 4.79 Å². The zero-order valence-electron chi connectivity index (χ0n) is 13.5. The maximum absolute atomic E-state index is 12.8. The summed E-state index contributed by atoms with van der Waals surface area (Å²) in [5.74, 6) is 0.178. The number of nitrogens with one attached hydrogen (secondary N) is 1. The lowest BCUT2D eigenvalue weighted by atomic mass is 9.96. The minimum absolute atomic E-state index is 0.178. The monoisotopic (exact) mass is 289 g/mol. The number of rotatable bonds is 6. The van der Waals surface area contributed by atoms with Crippen LogP contribution in [0.3, 0.4) is 0 Å². The van der Waals surface area contributed by atoms with Crippen molar-refractivity contribution in [3.8, 4) is 0 Å². The molecule has 1 aliphatic rings. The van der Waals surface area contributed by atoms with E-state index < -0.39 is 0 Å². The summed E-state index contributed by atoms with van der Waals surface area (Å²) in [7, 11) is 4.13. The number of fused-ring (bicyclic) bond motifs is 1. The highest BCUT2D eigenvalue weighted by molar-refractivity contribution is 5.97. The van der Waals surface area contributed by atoms with Crippen LogP contribution in [0.5, 0.6) is 0 Å². The summed E-state index contributed by atoms with van der Waals surface area (Å²) in [6.45, 7) is 5.67. The molecule has 1 heterocycles. The second-order valence-electron chi connectivity index (χ2n) is 5.90. The predicted molar refractivity (Wildman–Crippen MR) is 88.0 cm³/mol. The Hall–Kier alpha value is -1.55. The molecule has 2 rings (SSSR count). The van der Waals surface area contributed by atoms with E-state index in [0.29, 0.717) is 0 Å². The minimum atomic E-state index is 0.178. The van der Waals surface area contributed by atoms with Crippen LogP contribution in [0.15, 0.2) is 18.2 Å². The summed E-state index contributed by atoms with van der Waals surface area (Å²) < 4.78 is 0. The summed E-state index contributed by atoms with van der Waals surface area (Å²) in [5, 5.41) is 3.40. The predicted octanol–water partition coefficient (Wildman–Crippen LogP) is 2.46. The molecule has 1 aliphatic heterocycles. The molecule has 0 aliphatic carbocycles. The van der Waals surface area contributed by atoms with Crippen LogP contribution in [0.2, 0.25) is 0 Å². The van der Waals surface area contributed by atoms with E-state index in [-0.39, 0.29) is 5.91 Å². The molecule has 0 saturated carbocycles. The number of hydrogen-bond donors (Lipinski definition) is 1. The lowest BCUT2D eigenvalue weighted by Crippen LogP contribution is -2.34. The maximum atomic E-state index is 12.8. The van der Waals surface area contributed by atoms with Gasteiger partial charge in [0.1, 0.15) is 0 Å². The Morgan fingerprint density at radius 3 is 2.81 bits per heavy atom. The van der Waals surface area contributed by atoms with E-state index in [0.717, 1.165) is 56.7 Å². The summed E-state index contributed by atoms with van der Waals surface area (Å²) in [5.41, 5.74) is 3.21. The van der Waals surface area contributed by atoms with E-state index in [9.17, 15) is 4.79 Å². The highest BCUT2D eigenvalue weighted by Crippen LogP contribution is 2.26. The van der Waals surface area contributed by atoms with Gasteiger partial charge in [-0.15, -0.1) is 0 Å². The van der Waals surface area contributed by atoms with Gasteiger partial charge in [0.15, 0.2) is 0 Å². The van der Waals surface area contributed by atoms with Crippen molar-refractivity contribution in [2.45, 2.75) is 26.2 Å². The molecular formula is C17H27N3O. The van der Waals surface area contributed by atoms with Gasteiger partial charge in [-0.05, 0) is 64.5 Å². The van der Waals surface area contributed by atoms with Crippen LogP contribution in [-0.4, -0.2) is 56.0 Å². The Morgan fingerprint density at radius 2 is 2.10 bits per heavy atom. The number of hydrogen-bond acceptors (Lipinski definition) is 3. The molecule has 4 nitrogen and oxygen atoms in total. The fourth-order valence-electron chi connectivity index (χ4n) is 2.86. The fourth-order valence-corrected chi connectivity index (χ4v) is 2.86. The van der Waals surface area contributed by atoms with E-state index in [1.807, 2.05) is 17.0 Å². The topological polar surface area (TPSA) is 35.6 Å². The van der Waals surface area contributed by atoms with Crippen molar-refractivity contribution in [3.63, 3.8) is 0 Å². The number of nitrogens with zero attached hydrogens (tertiary/aromatic N) is 2. The van der Waals surface area contributed by atoms with Gasteiger partial charge < -0.3 is 15.1 Å². The van der Waals surface area contributed by atoms with E-state index in [2.05, 4.69) is 37.3 Å². The van der Waals surface area contributed by atoms with Crippen molar-refractivity contribution in [2.24, 2.45) is 0 Å². The third-order valence-electron chi connectivity index (χ3n) is 4.03. The lowest BCUT2D eigenvalue weighted by Gasteiger charge is -2.26. The third-order valence-corrected chi connectivity index (χ3v) is 4.03. The van der Waals surface area contributed by atoms with Gasteiger partial charge in [-0.1, -0.05) is 6.07 Å². The van der Waals surface area contributed by atoms with Crippen LogP contribution in [0, 0.1) is 0 Å². The molecule has 0 radical (unpaired) electrons. The SMILES string of the molecule is CCN(CCCN(C)C)C(=O)c1cccc2c1CCCN2. The van der Waals surface area contributed by atoms with Gasteiger partial charge in [0, 0.05) is 30.9 Å². The van der Waals surface area contributed by atoms with Gasteiger partial charge in [-0.25, -0.2) is 0 Å².